The number of rotatable bonds is 1. The minimum absolute atomic E-state index is 0.692. The summed E-state index contributed by atoms with van der Waals surface area (Å²) in [5, 5.41) is 18.5. The molecule has 0 saturated carbocycles. The number of esters is 2. The van der Waals surface area contributed by atoms with E-state index in [-0.39, 0.29) is 0 Å². The van der Waals surface area contributed by atoms with Gasteiger partial charge in [-0.2, -0.15) is 0 Å². The highest BCUT2D eigenvalue weighted by Gasteiger charge is 2.44. The third-order valence-corrected chi connectivity index (χ3v) is 2.57. The summed E-state index contributed by atoms with van der Waals surface area (Å²) in [4.78, 5) is 33.6. The van der Waals surface area contributed by atoms with Gasteiger partial charge in [0, 0.05) is 0 Å². The number of carboxylic acid groups (broad SMARTS) is 1. The monoisotopic (exact) mass is 246 g/mol. The average Bonchev–Trinajstić information content (AvgIpc) is 2.17. The second-order valence-electron chi connectivity index (χ2n) is 4.08. The number of carbonyl (C=O) groups excluding carboxylic acids is 2. The Morgan fingerprint density at radius 1 is 1.18 bits per heavy atom. The molecule has 2 unspecified atom stereocenters. The minimum atomic E-state index is -2.47. The Hall–Kier alpha value is -1.63. The Morgan fingerprint density at radius 2 is 1.53 bits per heavy atom. The summed E-state index contributed by atoms with van der Waals surface area (Å²) >= 11 is 0. The number of hydrogen-bond acceptors (Lipinski definition) is 6. The number of ether oxygens (including phenoxy) is 2. The molecule has 96 valence electrons. The molecule has 2 N–H and O–H groups in total. The van der Waals surface area contributed by atoms with E-state index < -0.39 is 48.6 Å². The number of carboxylic acids is 1. The van der Waals surface area contributed by atoms with Crippen LogP contribution in [0.4, 0.5) is 0 Å². The number of carbonyl (C=O) groups is 3. The molecule has 7 nitrogen and oxygen atoms in total. The standard InChI is InChI=1S/C10H14O7/c1-5-6(2)17-8(12)4-10(15,9(13)14)3-7(11)16-5/h5-6,15H,3-4H2,1-2H3,(H,13,14). The molecular formula is C10H14O7. The number of cyclic esters (lactones) is 2. The molecule has 0 radical (unpaired) electrons. The van der Waals surface area contributed by atoms with Crippen molar-refractivity contribution in [3.63, 3.8) is 0 Å². The fourth-order valence-corrected chi connectivity index (χ4v) is 1.38. The van der Waals surface area contributed by atoms with Gasteiger partial charge in [-0.15, -0.1) is 0 Å². The highest BCUT2D eigenvalue weighted by atomic mass is 16.6. The molecule has 0 amide bonds. The second-order valence-corrected chi connectivity index (χ2v) is 4.08. The van der Waals surface area contributed by atoms with Gasteiger partial charge in [0.2, 0.25) is 0 Å². The molecule has 1 rings (SSSR count). The van der Waals surface area contributed by atoms with Crippen molar-refractivity contribution < 1.29 is 34.1 Å². The SMILES string of the molecule is CC1OC(=O)CC(O)(C(=O)O)CC(=O)OC1C. The quantitative estimate of drug-likeness (QED) is 0.598. The zero-order valence-electron chi connectivity index (χ0n) is 9.50. The molecule has 0 aromatic rings. The summed E-state index contributed by atoms with van der Waals surface area (Å²) in [6.07, 6.45) is -2.95. The van der Waals surface area contributed by atoms with Gasteiger partial charge < -0.3 is 19.7 Å². The highest BCUT2D eigenvalue weighted by molar-refractivity contribution is 5.89. The smallest absolute Gasteiger partial charge is 0.336 e. The van der Waals surface area contributed by atoms with Gasteiger partial charge in [0.05, 0.1) is 12.8 Å². The van der Waals surface area contributed by atoms with Crippen molar-refractivity contribution in [2.45, 2.75) is 44.5 Å². The lowest BCUT2D eigenvalue weighted by atomic mass is 9.96. The summed E-state index contributed by atoms with van der Waals surface area (Å²) in [7, 11) is 0. The van der Waals surface area contributed by atoms with Crippen molar-refractivity contribution in [2.75, 3.05) is 0 Å². The fraction of sp³-hybridized carbons (Fsp3) is 0.700. The molecule has 1 fully saturated rings. The summed E-state index contributed by atoms with van der Waals surface area (Å²) in [6.45, 7) is 3.03. The normalized spacial score (nSPS) is 35.0. The first-order valence-corrected chi connectivity index (χ1v) is 5.09. The van der Waals surface area contributed by atoms with Gasteiger partial charge >= 0.3 is 17.9 Å². The maximum Gasteiger partial charge on any atom is 0.336 e. The molecule has 2 atom stereocenters. The number of hydrogen-bond donors (Lipinski definition) is 2. The van der Waals surface area contributed by atoms with Gasteiger partial charge in [0.15, 0.2) is 5.60 Å². The molecule has 1 aliphatic rings. The lowest BCUT2D eigenvalue weighted by molar-refractivity contribution is -0.170. The van der Waals surface area contributed by atoms with Gasteiger partial charge in [0.1, 0.15) is 12.2 Å². The molecule has 0 aliphatic carbocycles. The van der Waals surface area contributed by atoms with Crippen molar-refractivity contribution in [1.29, 1.82) is 0 Å². The van der Waals surface area contributed by atoms with Crippen LogP contribution in [0.5, 0.6) is 0 Å². The summed E-state index contributed by atoms with van der Waals surface area (Å²) in [5.74, 6) is -3.42. The van der Waals surface area contributed by atoms with E-state index in [2.05, 4.69) is 0 Å². The largest absolute Gasteiger partial charge is 0.479 e. The van der Waals surface area contributed by atoms with E-state index in [9.17, 15) is 19.5 Å². The summed E-state index contributed by atoms with van der Waals surface area (Å²) in [5.41, 5.74) is -2.47. The minimum Gasteiger partial charge on any atom is -0.479 e. The Morgan fingerprint density at radius 3 is 1.82 bits per heavy atom. The first-order chi connectivity index (χ1) is 7.74. The van der Waals surface area contributed by atoms with Crippen LogP contribution in [0.2, 0.25) is 0 Å². The van der Waals surface area contributed by atoms with Gasteiger partial charge in [0.25, 0.3) is 0 Å². The van der Waals surface area contributed by atoms with Crippen LogP contribution in [0.15, 0.2) is 0 Å². The van der Waals surface area contributed by atoms with Gasteiger partial charge in [-0.05, 0) is 13.8 Å². The van der Waals surface area contributed by atoms with Crippen molar-refractivity contribution in [3.05, 3.63) is 0 Å². The van der Waals surface area contributed by atoms with Crippen LogP contribution in [-0.2, 0) is 23.9 Å². The van der Waals surface area contributed by atoms with E-state index in [1.807, 2.05) is 0 Å². The maximum absolute atomic E-state index is 11.4. The summed E-state index contributed by atoms with van der Waals surface area (Å²) < 4.78 is 9.68. The molecule has 0 aromatic carbocycles. The van der Waals surface area contributed by atoms with Crippen LogP contribution < -0.4 is 0 Å². The fourth-order valence-electron chi connectivity index (χ4n) is 1.38. The highest BCUT2D eigenvalue weighted by Crippen LogP contribution is 2.21. The molecular weight excluding hydrogens is 232 g/mol. The van der Waals surface area contributed by atoms with E-state index in [4.69, 9.17) is 14.6 Å². The van der Waals surface area contributed by atoms with Crippen LogP contribution in [-0.4, -0.2) is 45.9 Å². The zero-order chi connectivity index (χ0) is 13.2. The lowest BCUT2D eigenvalue weighted by Crippen LogP contribution is -2.43. The van der Waals surface area contributed by atoms with Crippen LogP contribution >= 0.6 is 0 Å². The molecule has 0 bridgehead atoms. The van der Waals surface area contributed by atoms with Crippen molar-refractivity contribution in [3.8, 4) is 0 Å². The Bertz CT molecular complexity index is 325. The molecule has 1 saturated heterocycles. The third-order valence-electron chi connectivity index (χ3n) is 2.57. The number of aliphatic carboxylic acids is 1. The molecule has 1 heterocycles. The van der Waals surface area contributed by atoms with E-state index in [1.54, 1.807) is 0 Å². The number of aliphatic hydroxyl groups is 1. The maximum atomic E-state index is 11.4. The van der Waals surface area contributed by atoms with E-state index in [0.717, 1.165) is 0 Å². The van der Waals surface area contributed by atoms with Crippen molar-refractivity contribution in [2.24, 2.45) is 0 Å². The Labute approximate surface area is 97.3 Å². The predicted molar refractivity (Wildman–Crippen MR) is 52.9 cm³/mol. The van der Waals surface area contributed by atoms with E-state index >= 15 is 0 Å². The van der Waals surface area contributed by atoms with E-state index in [1.165, 1.54) is 13.8 Å². The van der Waals surface area contributed by atoms with Crippen LogP contribution in [0, 0.1) is 0 Å². The lowest BCUT2D eigenvalue weighted by Gasteiger charge is -2.19. The summed E-state index contributed by atoms with van der Waals surface area (Å²) in [6, 6.07) is 0. The Kier molecular flexibility index (Phi) is 3.72. The molecule has 7 heteroatoms. The average molecular weight is 246 g/mol. The zero-order valence-corrected chi connectivity index (χ0v) is 9.50. The van der Waals surface area contributed by atoms with Crippen molar-refractivity contribution in [1.82, 2.24) is 0 Å². The molecule has 17 heavy (non-hydrogen) atoms. The first kappa shape index (κ1) is 13.4. The van der Waals surface area contributed by atoms with Gasteiger partial charge in [-0.1, -0.05) is 0 Å². The predicted octanol–water partition coefficient (Wildman–Crippen LogP) is -0.541. The molecule has 1 aliphatic heterocycles. The van der Waals surface area contributed by atoms with E-state index in [0.29, 0.717) is 0 Å². The van der Waals surface area contributed by atoms with Crippen molar-refractivity contribution >= 4 is 17.9 Å². The molecule has 0 aromatic heterocycles. The van der Waals surface area contributed by atoms with Crippen LogP contribution in [0.3, 0.4) is 0 Å². The Balaban J connectivity index is 2.97. The van der Waals surface area contributed by atoms with Crippen LogP contribution in [0.25, 0.3) is 0 Å². The topological polar surface area (TPSA) is 110 Å². The third kappa shape index (κ3) is 3.16. The van der Waals surface area contributed by atoms with Gasteiger partial charge in [-0.3, -0.25) is 9.59 Å². The molecule has 0 spiro atoms. The van der Waals surface area contributed by atoms with Crippen LogP contribution in [0.1, 0.15) is 26.7 Å². The first-order valence-electron chi connectivity index (χ1n) is 5.09. The van der Waals surface area contributed by atoms with Gasteiger partial charge in [-0.25, -0.2) is 4.79 Å². The second kappa shape index (κ2) is 4.70.